The molecule has 0 aliphatic carbocycles. The van der Waals surface area contributed by atoms with Gasteiger partial charge >= 0.3 is 12.2 Å². The zero-order chi connectivity index (χ0) is 28.2. The Labute approximate surface area is 225 Å². The van der Waals surface area contributed by atoms with Crippen molar-refractivity contribution in [3.8, 4) is 16.9 Å². The molecule has 0 unspecified atom stereocenters. The van der Waals surface area contributed by atoms with Crippen molar-refractivity contribution in [2.24, 2.45) is 0 Å². The number of urea groups is 1. The second kappa shape index (κ2) is 9.11. The lowest BCUT2D eigenvalue weighted by atomic mass is 9.85. The van der Waals surface area contributed by atoms with E-state index in [1.807, 2.05) is 6.07 Å². The topological polar surface area (TPSA) is 116 Å². The standard InChI is InChI=1S/C28H22F3N5O4/c1-40-19-7-4-16-13-36(24(37)21(16)12-19)9-8-27(25(38)34-26(39)35-27)17-5-2-15(3-6-17)20-10-18(28(29,30)31)11-22-23(20)33-14-32-22/h2-7,10-12,14H,8-9,13H2,1H3,(H,32,33)(H2,34,35,38,39)/t27-/m0/s1. The van der Waals surface area contributed by atoms with Crippen molar-refractivity contribution in [2.45, 2.75) is 24.7 Å². The Kier molecular flexibility index (Phi) is 5.79. The number of H-pyrrole nitrogens is 1. The lowest BCUT2D eigenvalue weighted by Crippen LogP contribution is -2.46. The first-order chi connectivity index (χ1) is 19.1. The summed E-state index contributed by atoms with van der Waals surface area (Å²) in [6, 6.07) is 13.0. The van der Waals surface area contributed by atoms with Gasteiger partial charge in [0.15, 0.2) is 0 Å². The summed E-state index contributed by atoms with van der Waals surface area (Å²) in [6.07, 6.45) is -3.15. The first-order valence-electron chi connectivity index (χ1n) is 12.3. The van der Waals surface area contributed by atoms with Gasteiger partial charge in [0.05, 0.1) is 30.0 Å². The molecule has 2 aliphatic rings. The van der Waals surface area contributed by atoms with Gasteiger partial charge in [-0.25, -0.2) is 9.78 Å². The number of alkyl halides is 3. The Hall–Kier alpha value is -4.87. The van der Waals surface area contributed by atoms with Gasteiger partial charge in [-0.2, -0.15) is 13.2 Å². The Bertz CT molecular complexity index is 1680. The summed E-state index contributed by atoms with van der Waals surface area (Å²) < 4.78 is 45.8. The summed E-state index contributed by atoms with van der Waals surface area (Å²) in [4.78, 5) is 46.8. The number of hydrogen-bond donors (Lipinski definition) is 3. The number of aromatic nitrogens is 2. The number of amides is 4. The maximum Gasteiger partial charge on any atom is 0.416 e. The maximum absolute atomic E-state index is 13.5. The van der Waals surface area contributed by atoms with Crippen molar-refractivity contribution < 1.29 is 32.3 Å². The van der Waals surface area contributed by atoms with E-state index in [1.165, 1.54) is 13.4 Å². The highest BCUT2D eigenvalue weighted by molar-refractivity contribution is 6.07. The van der Waals surface area contributed by atoms with Crippen molar-refractivity contribution in [3.63, 3.8) is 0 Å². The van der Waals surface area contributed by atoms with Gasteiger partial charge in [-0.3, -0.25) is 14.9 Å². The summed E-state index contributed by atoms with van der Waals surface area (Å²) in [6.45, 7) is 0.505. The second-order valence-corrected chi connectivity index (χ2v) is 9.71. The molecule has 204 valence electrons. The average molecular weight is 550 g/mol. The van der Waals surface area contributed by atoms with E-state index >= 15 is 0 Å². The Morgan fingerprint density at radius 3 is 2.48 bits per heavy atom. The minimum absolute atomic E-state index is 0.0773. The number of imide groups is 1. The number of benzene rings is 3. The number of imidazole rings is 1. The summed E-state index contributed by atoms with van der Waals surface area (Å²) in [5, 5.41) is 4.97. The van der Waals surface area contributed by atoms with Crippen LogP contribution in [0.1, 0.15) is 33.5 Å². The van der Waals surface area contributed by atoms with E-state index in [0.29, 0.717) is 34.5 Å². The van der Waals surface area contributed by atoms with E-state index in [4.69, 9.17) is 4.74 Å². The molecule has 4 aromatic rings. The van der Waals surface area contributed by atoms with Crippen LogP contribution in [0.15, 0.2) is 60.9 Å². The summed E-state index contributed by atoms with van der Waals surface area (Å²) in [5.41, 5.74) is 0.795. The number of carbonyl (C=O) groups excluding carboxylic acids is 3. The van der Waals surface area contributed by atoms with Crippen LogP contribution in [0.3, 0.4) is 0 Å². The van der Waals surface area contributed by atoms with E-state index in [2.05, 4.69) is 20.6 Å². The van der Waals surface area contributed by atoms with E-state index in [9.17, 15) is 27.6 Å². The first-order valence-corrected chi connectivity index (χ1v) is 12.3. The van der Waals surface area contributed by atoms with Gasteiger partial charge in [-0.15, -0.1) is 0 Å². The predicted octanol–water partition coefficient (Wildman–Crippen LogP) is 4.34. The van der Waals surface area contributed by atoms with Gasteiger partial charge in [0.2, 0.25) is 0 Å². The third-order valence-corrected chi connectivity index (χ3v) is 7.43. The quantitative estimate of drug-likeness (QED) is 0.310. The molecule has 0 bridgehead atoms. The molecule has 3 N–H and O–H groups in total. The van der Waals surface area contributed by atoms with Crippen LogP contribution < -0.4 is 15.4 Å². The normalized spacial score (nSPS) is 18.7. The van der Waals surface area contributed by atoms with Crippen LogP contribution in [-0.4, -0.2) is 46.4 Å². The largest absolute Gasteiger partial charge is 0.497 e. The highest BCUT2D eigenvalue weighted by atomic mass is 19.4. The minimum atomic E-state index is -4.55. The molecule has 3 heterocycles. The van der Waals surface area contributed by atoms with Gasteiger partial charge in [-0.1, -0.05) is 30.3 Å². The van der Waals surface area contributed by atoms with Gasteiger partial charge in [0.1, 0.15) is 11.3 Å². The summed E-state index contributed by atoms with van der Waals surface area (Å²) in [7, 11) is 1.51. The zero-order valence-electron chi connectivity index (χ0n) is 21.1. The fraction of sp³-hybridized carbons (Fsp3) is 0.214. The number of fused-ring (bicyclic) bond motifs is 2. The lowest BCUT2D eigenvalue weighted by Gasteiger charge is -2.29. The van der Waals surface area contributed by atoms with Crippen molar-refractivity contribution >= 4 is 28.9 Å². The number of methoxy groups -OCH3 is 1. The second-order valence-electron chi connectivity index (χ2n) is 9.71. The molecular formula is C28H22F3N5O4. The summed E-state index contributed by atoms with van der Waals surface area (Å²) in [5.74, 6) is -0.234. The molecule has 2 aliphatic heterocycles. The van der Waals surface area contributed by atoms with Crippen molar-refractivity contribution in [2.75, 3.05) is 13.7 Å². The molecule has 1 fully saturated rings. The smallest absolute Gasteiger partial charge is 0.416 e. The predicted molar refractivity (Wildman–Crippen MR) is 137 cm³/mol. The molecule has 0 radical (unpaired) electrons. The van der Waals surface area contributed by atoms with Gasteiger partial charge in [0.25, 0.3) is 11.8 Å². The number of aromatic amines is 1. The molecule has 40 heavy (non-hydrogen) atoms. The van der Waals surface area contributed by atoms with Crippen molar-refractivity contribution in [1.82, 2.24) is 25.5 Å². The van der Waals surface area contributed by atoms with Crippen LogP contribution in [0, 0.1) is 0 Å². The number of carbonyl (C=O) groups is 3. The van der Waals surface area contributed by atoms with Crippen molar-refractivity contribution in [3.05, 3.63) is 83.2 Å². The number of halogens is 3. The molecule has 3 aromatic carbocycles. The minimum Gasteiger partial charge on any atom is -0.497 e. The molecule has 0 spiro atoms. The molecular weight excluding hydrogens is 527 g/mol. The number of nitrogens with one attached hydrogen (secondary N) is 3. The third-order valence-electron chi connectivity index (χ3n) is 7.43. The van der Waals surface area contributed by atoms with Crippen LogP contribution in [0.25, 0.3) is 22.2 Å². The third kappa shape index (κ3) is 4.12. The van der Waals surface area contributed by atoms with Crippen molar-refractivity contribution in [1.29, 1.82) is 0 Å². The highest BCUT2D eigenvalue weighted by Gasteiger charge is 2.48. The fourth-order valence-corrected chi connectivity index (χ4v) is 5.33. The summed E-state index contributed by atoms with van der Waals surface area (Å²) >= 11 is 0. The van der Waals surface area contributed by atoms with Crippen LogP contribution in [0.2, 0.25) is 0 Å². The molecule has 1 saturated heterocycles. The van der Waals surface area contributed by atoms with E-state index in [-0.39, 0.29) is 30.0 Å². The molecule has 4 amide bonds. The van der Waals surface area contributed by atoms with E-state index < -0.39 is 29.2 Å². The van der Waals surface area contributed by atoms with Crippen LogP contribution in [0.5, 0.6) is 5.75 Å². The Morgan fingerprint density at radius 2 is 1.80 bits per heavy atom. The monoisotopic (exact) mass is 549 g/mol. The van der Waals surface area contributed by atoms with Crippen LogP contribution in [0.4, 0.5) is 18.0 Å². The number of hydrogen-bond acceptors (Lipinski definition) is 5. The molecule has 1 atom stereocenters. The average Bonchev–Trinajstić information content (AvgIpc) is 3.62. The van der Waals surface area contributed by atoms with E-state index in [0.717, 1.165) is 17.7 Å². The van der Waals surface area contributed by atoms with Gasteiger partial charge < -0.3 is 19.9 Å². The van der Waals surface area contributed by atoms with Crippen LogP contribution >= 0.6 is 0 Å². The Morgan fingerprint density at radius 1 is 1.02 bits per heavy atom. The van der Waals surface area contributed by atoms with Gasteiger partial charge in [0, 0.05) is 30.6 Å². The molecule has 12 heteroatoms. The van der Waals surface area contributed by atoms with Gasteiger partial charge in [-0.05, 0) is 41.0 Å². The highest BCUT2D eigenvalue weighted by Crippen LogP contribution is 2.38. The molecule has 9 nitrogen and oxygen atoms in total. The first kappa shape index (κ1) is 25.4. The molecule has 6 rings (SSSR count). The fourth-order valence-electron chi connectivity index (χ4n) is 5.33. The molecule has 1 aromatic heterocycles. The number of rotatable bonds is 6. The molecule has 0 saturated carbocycles. The zero-order valence-corrected chi connectivity index (χ0v) is 21.1. The number of ether oxygens (including phenoxy) is 1. The SMILES string of the molecule is COc1ccc2c(c1)C(=O)N(CC[C@@]1(c3ccc(-c4cc(C(F)(F)F)cc5[nH]cnc45)cc3)NC(=O)NC1=O)C2. The van der Waals surface area contributed by atoms with Crippen LogP contribution in [-0.2, 0) is 23.1 Å². The lowest BCUT2D eigenvalue weighted by molar-refractivity contribution is -0.137. The Balaban J connectivity index is 1.31. The number of nitrogens with zero attached hydrogens (tertiary/aromatic N) is 2. The maximum atomic E-state index is 13.5. The van der Waals surface area contributed by atoms with E-state index in [1.54, 1.807) is 41.3 Å².